The van der Waals surface area contributed by atoms with Gasteiger partial charge in [0.2, 0.25) is 0 Å². The molecule has 0 saturated carbocycles. The van der Waals surface area contributed by atoms with Crippen LogP contribution in [0.25, 0.3) is 11.3 Å². The molecule has 3 rings (SSSR count). The first-order valence-corrected chi connectivity index (χ1v) is 7.77. The molecule has 0 aliphatic heterocycles. The quantitative estimate of drug-likeness (QED) is 0.636. The number of aromatic nitrogens is 3. The van der Waals surface area contributed by atoms with Crippen molar-refractivity contribution in [2.75, 3.05) is 0 Å². The Bertz CT molecular complexity index is 1030. The summed E-state index contributed by atoms with van der Waals surface area (Å²) in [6.07, 6.45) is -9.87. The average Bonchev–Trinajstić information content (AvgIpc) is 3.09. The van der Waals surface area contributed by atoms with Gasteiger partial charge in [0, 0.05) is 5.56 Å². The smallest absolute Gasteiger partial charge is 0.247 e. The average molecular weight is 396 g/mol. The number of H-pyrrole nitrogens is 1. The second kappa shape index (κ2) is 6.99. The summed E-state index contributed by atoms with van der Waals surface area (Å²) in [5.41, 5.74) is -1.49. The Morgan fingerprint density at radius 3 is 2.18 bits per heavy atom. The van der Waals surface area contributed by atoms with E-state index in [1.165, 1.54) is 24.3 Å². The van der Waals surface area contributed by atoms with Crippen LogP contribution in [-0.2, 0) is 18.8 Å². The fourth-order valence-corrected chi connectivity index (χ4v) is 2.70. The van der Waals surface area contributed by atoms with Gasteiger partial charge in [-0.05, 0) is 35.7 Å². The number of benzene rings is 2. The fourth-order valence-electron chi connectivity index (χ4n) is 2.70. The van der Waals surface area contributed by atoms with Crippen molar-refractivity contribution in [1.29, 1.82) is 5.26 Å². The van der Waals surface area contributed by atoms with Crippen LogP contribution in [0.15, 0.2) is 42.5 Å². The zero-order chi connectivity index (χ0) is 20.5. The van der Waals surface area contributed by atoms with Crippen LogP contribution >= 0.6 is 0 Å². The van der Waals surface area contributed by atoms with Crippen molar-refractivity contribution < 1.29 is 26.3 Å². The molecule has 10 heteroatoms. The lowest BCUT2D eigenvalue weighted by Crippen LogP contribution is -2.13. The maximum absolute atomic E-state index is 13.2. The van der Waals surface area contributed by atoms with Gasteiger partial charge in [-0.3, -0.25) is 0 Å². The van der Waals surface area contributed by atoms with Crippen LogP contribution in [0.2, 0.25) is 0 Å². The molecule has 0 aliphatic rings. The molecule has 0 spiro atoms. The van der Waals surface area contributed by atoms with E-state index in [-0.39, 0.29) is 17.8 Å². The summed E-state index contributed by atoms with van der Waals surface area (Å²) in [5, 5.41) is 18.6. The molecule has 4 nitrogen and oxygen atoms in total. The van der Waals surface area contributed by atoms with Gasteiger partial charge in [-0.15, -0.1) is 5.10 Å². The summed E-state index contributed by atoms with van der Waals surface area (Å²) in [6.45, 7) is 0. The Hall–Kier alpha value is -3.35. The molecule has 28 heavy (non-hydrogen) atoms. The number of halogens is 6. The van der Waals surface area contributed by atoms with E-state index in [0.717, 1.165) is 0 Å². The van der Waals surface area contributed by atoms with Crippen molar-refractivity contribution in [2.45, 2.75) is 18.8 Å². The van der Waals surface area contributed by atoms with Crippen LogP contribution in [0.4, 0.5) is 26.3 Å². The van der Waals surface area contributed by atoms with Crippen molar-refractivity contribution >= 4 is 0 Å². The molecule has 0 amide bonds. The summed E-state index contributed by atoms with van der Waals surface area (Å²) < 4.78 is 78.2. The number of nitrogens with zero attached hydrogens (tertiary/aromatic N) is 3. The van der Waals surface area contributed by atoms with E-state index in [0.29, 0.717) is 29.3 Å². The van der Waals surface area contributed by atoms with E-state index in [1.54, 1.807) is 0 Å². The fraction of sp³-hybridized carbons (Fsp3) is 0.167. The molecule has 144 valence electrons. The van der Waals surface area contributed by atoms with E-state index in [1.807, 2.05) is 6.07 Å². The minimum atomic E-state index is -4.78. The zero-order valence-electron chi connectivity index (χ0n) is 13.9. The first-order valence-electron chi connectivity index (χ1n) is 7.77. The second-order valence-corrected chi connectivity index (χ2v) is 5.89. The summed E-state index contributed by atoms with van der Waals surface area (Å²) in [4.78, 5) is 0. The maximum Gasteiger partial charge on any atom is 0.416 e. The van der Waals surface area contributed by atoms with Crippen LogP contribution in [0.1, 0.15) is 27.9 Å². The van der Waals surface area contributed by atoms with E-state index in [9.17, 15) is 26.3 Å². The predicted molar refractivity (Wildman–Crippen MR) is 85.8 cm³/mol. The number of hydrogen-bond acceptors (Lipinski definition) is 3. The topological polar surface area (TPSA) is 65.4 Å². The predicted octanol–water partition coefficient (Wildman–Crippen LogP) is 4.97. The summed E-state index contributed by atoms with van der Waals surface area (Å²) in [6, 6.07) is 9.19. The molecule has 0 unspecified atom stereocenters. The molecule has 0 saturated heterocycles. The van der Waals surface area contributed by atoms with E-state index >= 15 is 0 Å². The van der Waals surface area contributed by atoms with Gasteiger partial charge in [-0.2, -0.15) is 31.6 Å². The molecule has 3 aromatic rings. The Morgan fingerprint density at radius 2 is 1.61 bits per heavy atom. The van der Waals surface area contributed by atoms with Crippen LogP contribution in [0.5, 0.6) is 0 Å². The van der Waals surface area contributed by atoms with Crippen LogP contribution in [-0.4, -0.2) is 15.4 Å². The number of hydrogen-bond donors (Lipinski definition) is 1. The Balaban J connectivity index is 1.95. The third kappa shape index (κ3) is 3.98. The van der Waals surface area contributed by atoms with Gasteiger partial charge in [0.25, 0.3) is 0 Å². The van der Waals surface area contributed by atoms with Gasteiger partial charge in [-0.25, -0.2) is 5.10 Å². The summed E-state index contributed by atoms with van der Waals surface area (Å²) in [5.74, 6) is 0. The standard InChI is InChI=1S/C18H10F6N4/c19-17(20,21)13-5-6-14(18(22,23)24)12(8-13)7-10-1-3-11(4-2-10)16-15(9-25)26-28-27-16/h1-6,8H,7H2,(H,26,27,28). The lowest BCUT2D eigenvalue weighted by Gasteiger charge is -2.16. The molecule has 0 radical (unpaired) electrons. The minimum absolute atomic E-state index is 0.116. The van der Waals surface area contributed by atoms with Crippen molar-refractivity contribution in [3.05, 3.63) is 70.4 Å². The summed E-state index contributed by atoms with van der Waals surface area (Å²) in [7, 11) is 0. The molecular weight excluding hydrogens is 386 g/mol. The van der Waals surface area contributed by atoms with Gasteiger partial charge in [0.1, 0.15) is 11.8 Å². The lowest BCUT2D eigenvalue weighted by atomic mass is 9.96. The largest absolute Gasteiger partial charge is 0.416 e. The highest BCUT2D eigenvalue weighted by atomic mass is 19.4. The van der Waals surface area contributed by atoms with Gasteiger partial charge in [-0.1, -0.05) is 29.5 Å². The van der Waals surface area contributed by atoms with Crippen molar-refractivity contribution in [2.24, 2.45) is 0 Å². The SMILES string of the molecule is N#Cc1[nH]nnc1-c1ccc(Cc2cc(C(F)(F)F)ccc2C(F)(F)F)cc1. The Labute approximate surface area is 154 Å². The molecule has 0 bridgehead atoms. The zero-order valence-corrected chi connectivity index (χ0v) is 13.9. The van der Waals surface area contributed by atoms with E-state index in [4.69, 9.17) is 5.26 Å². The first-order chi connectivity index (χ1) is 13.1. The molecule has 0 atom stereocenters. The highest BCUT2D eigenvalue weighted by molar-refractivity contribution is 5.64. The van der Waals surface area contributed by atoms with Crippen LogP contribution in [0, 0.1) is 11.3 Å². The highest BCUT2D eigenvalue weighted by Crippen LogP contribution is 2.37. The molecule has 1 N–H and O–H groups in total. The Kier molecular flexibility index (Phi) is 4.85. The number of nitriles is 1. The number of alkyl halides is 6. The van der Waals surface area contributed by atoms with Gasteiger partial charge >= 0.3 is 12.4 Å². The number of rotatable bonds is 3. The summed E-state index contributed by atoms with van der Waals surface area (Å²) >= 11 is 0. The maximum atomic E-state index is 13.2. The van der Waals surface area contributed by atoms with Crippen LogP contribution < -0.4 is 0 Å². The first kappa shape index (κ1) is 19.4. The number of aromatic amines is 1. The second-order valence-electron chi connectivity index (χ2n) is 5.89. The minimum Gasteiger partial charge on any atom is -0.247 e. The van der Waals surface area contributed by atoms with Gasteiger partial charge in [0.05, 0.1) is 11.1 Å². The van der Waals surface area contributed by atoms with Crippen molar-refractivity contribution in [3.8, 4) is 17.3 Å². The molecular formula is C18H10F6N4. The molecule has 0 aliphatic carbocycles. The normalized spacial score (nSPS) is 12.0. The third-order valence-corrected chi connectivity index (χ3v) is 4.02. The van der Waals surface area contributed by atoms with Crippen LogP contribution in [0.3, 0.4) is 0 Å². The van der Waals surface area contributed by atoms with Crippen molar-refractivity contribution in [1.82, 2.24) is 15.4 Å². The monoisotopic (exact) mass is 396 g/mol. The molecule has 1 heterocycles. The Morgan fingerprint density at radius 1 is 0.929 bits per heavy atom. The number of nitrogens with one attached hydrogen (secondary N) is 1. The lowest BCUT2D eigenvalue weighted by molar-refractivity contribution is -0.141. The highest BCUT2D eigenvalue weighted by Gasteiger charge is 2.36. The van der Waals surface area contributed by atoms with Gasteiger partial charge in [0.15, 0.2) is 5.69 Å². The van der Waals surface area contributed by atoms with Crippen molar-refractivity contribution in [3.63, 3.8) is 0 Å². The third-order valence-electron chi connectivity index (χ3n) is 4.02. The van der Waals surface area contributed by atoms with E-state index < -0.39 is 29.0 Å². The molecule has 1 aromatic heterocycles. The van der Waals surface area contributed by atoms with E-state index in [2.05, 4.69) is 15.4 Å². The molecule has 2 aromatic carbocycles. The van der Waals surface area contributed by atoms with Gasteiger partial charge < -0.3 is 0 Å². The molecule has 0 fully saturated rings.